The molecule has 2 aromatic rings. The molecule has 5 nitrogen and oxygen atoms in total. The molecular formula is C19H16FNO4. The number of hydrogen-bond acceptors (Lipinski definition) is 4. The Kier molecular flexibility index (Phi) is 4.52. The van der Waals surface area contributed by atoms with Crippen LogP contribution in [0.4, 0.5) is 4.39 Å². The van der Waals surface area contributed by atoms with E-state index in [1.54, 1.807) is 36.4 Å². The number of hydrogen-bond donors (Lipinski definition) is 1. The highest BCUT2D eigenvalue weighted by Crippen LogP contribution is 2.29. The SMILES string of the molecule is COc1ccc(C2=C(O)C(=O)N(CCc3ccc(F)cc3)C2=O)cc1. The highest BCUT2D eigenvalue weighted by Gasteiger charge is 2.38. The summed E-state index contributed by atoms with van der Waals surface area (Å²) in [6.07, 6.45) is 0.376. The second-order valence-corrected chi connectivity index (χ2v) is 5.59. The molecule has 0 spiro atoms. The zero-order valence-electron chi connectivity index (χ0n) is 13.5. The van der Waals surface area contributed by atoms with Gasteiger partial charge in [0.2, 0.25) is 0 Å². The molecule has 128 valence electrons. The average Bonchev–Trinajstić information content (AvgIpc) is 2.84. The average molecular weight is 341 g/mol. The molecule has 25 heavy (non-hydrogen) atoms. The van der Waals surface area contributed by atoms with E-state index in [0.29, 0.717) is 17.7 Å². The molecule has 1 heterocycles. The number of imide groups is 1. The Morgan fingerprint density at radius 1 is 1.00 bits per heavy atom. The summed E-state index contributed by atoms with van der Waals surface area (Å²) in [5.41, 5.74) is 1.21. The fourth-order valence-electron chi connectivity index (χ4n) is 2.68. The third-order valence-electron chi connectivity index (χ3n) is 4.06. The molecule has 1 aliphatic rings. The maximum absolute atomic E-state index is 12.9. The van der Waals surface area contributed by atoms with Crippen LogP contribution in [0.3, 0.4) is 0 Å². The van der Waals surface area contributed by atoms with Crippen LogP contribution in [0.15, 0.2) is 54.3 Å². The summed E-state index contributed by atoms with van der Waals surface area (Å²) in [7, 11) is 1.52. The van der Waals surface area contributed by atoms with Gasteiger partial charge in [-0.1, -0.05) is 24.3 Å². The minimum atomic E-state index is -0.724. The number of carbonyl (C=O) groups is 2. The van der Waals surface area contributed by atoms with Gasteiger partial charge in [0, 0.05) is 6.54 Å². The zero-order valence-corrected chi connectivity index (χ0v) is 13.5. The van der Waals surface area contributed by atoms with Gasteiger partial charge in [0.15, 0.2) is 5.76 Å². The van der Waals surface area contributed by atoms with Gasteiger partial charge in [-0.25, -0.2) is 4.39 Å². The number of aliphatic hydroxyl groups is 1. The van der Waals surface area contributed by atoms with Crippen LogP contribution in [0.1, 0.15) is 11.1 Å². The highest BCUT2D eigenvalue weighted by molar-refractivity contribution is 6.34. The van der Waals surface area contributed by atoms with Gasteiger partial charge in [-0.2, -0.15) is 0 Å². The van der Waals surface area contributed by atoms with E-state index in [-0.39, 0.29) is 17.9 Å². The smallest absolute Gasteiger partial charge is 0.296 e. The molecule has 0 radical (unpaired) electrons. The maximum atomic E-state index is 12.9. The lowest BCUT2D eigenvalue weighted by molar-refractivity contribution is -0.138. The van der Waals surface area contributed by atoms with Crippen LogP contribution in [0, 0.1) is 5.82 Å². The van der Waals surface area contributed by atoms with Gasteiger partial charge >= 0.3 is 0 Å². The minimum Gasteiger partial charge on any atom is -0.502 e. The van der Waals surface area contributed by atoms with Gasteiger partial charge in [0.05, 0.1) is 12.7 Å². The first-order valence-corrected chi connectivity index (χ1v) is 7.69. The quantitative estimate of drug-likeness (QED) is 0.849. The van der Waals surface area contributed by atoms with E-state index in [0.717, 1.165) is 10.5 Å². The summed E-state index contributed by atoms with van der Waals surface area (Å²) in [4.78, 5) is 25.8. The van der Waals surface area contributed by atoms with Crippen molar-refractivity contribution in [2.24, 2.45) is 0 Å². The van der Waals surface area contributed by atoms with Gasteiger partial charge in [-0.05, 0) is 41.8 Å². The molecule has 2 aromatic carbocycles. The van der Waals surface area contributed by atoms with E-state index in [1.165, 1.54) is 19.2 Å². The number of methoxy groups -OCH3 is 1. The summed E-state index contributed by atoms with van der Waals surface area (Å²) < 4.78 is 18.0. The van der Waals surface area contributed by atoms with Crippen LogP contribution in [0.25, 0.3) is 5.57 Å². The lowest BCUT2D eigenvalue weighted by atomic mass is 10.1. The first-order valence-electron chi connectivity index (χ1n) is 7.69. The lowest BCUT2D eigenvalue weighted by Gasteiger charge is -2.14. The molecule has 6 heteroatoms. The topological polar surface area (TPSA) is 66.8 Å². The molecular weight excluding hydrogens is 325 g/mol. The van der Waals surface area contributed by atoms with Crippen LogP contribution in [0.2, 0.25) is 0 Å². The Bertz CT molecular complexity index is 841. The van der Waals surface area contributed by atoms with Gasteiger partial charge in [0.1, 0.15) is 11.6 Å². The van der Waals surface area contributed by atoms with Crippen molar-refractivity contribution in [3.05, 3.63) is 71.2 Å². The largest absolute Gasteiger partial charge is 0.502 e. The fourth-order valence-corrected chi connectivity index (χ4v) is 2.68. The lowest BCUT2D eigenvalue weighted by Crippen LogP contribution is -2.33. The fraction of sp³-hybridized carbons (Fsp3) is 0.158. The van der Waals surface area contributed by atoms with Gasteiger partial charge in [-0.15, -0.1) is 0 Å². The number of rotatable bonds is 5. The van der Waals surface area contributed by atoms with Crippen molar-refractivity contribution in [3.63, 3.8) is 0 Å². The van der Waals surface area contributed by atoms with Crippen molar-refractivity contribution < 1.29 is 23.8 Å². The number of benzene rings is 2. The Labute approximate surface area is 144 Å². The van der Waals surface area contributed by atoms with Crippen LogP contribution < -0.4 is 4.74 Å². The molecule has 0 aliphatic carbocycles. The zero-order chi connectivity index (χ0) is 18.0. The molecule has 0 atom stereocenters. The van der Waals surface area contributed by atoms with E-state index in [1.807, 2.05) is 0 Å². The molecule has 1 aliphatic heterocycles. The van der Waals surface area contributed by atoms with Crippen molar-refractivity contribution in [2.45, 2.75) is 6.42 Å². The van der Waals surface area contributed by atoms with Crippen molar-refractivity contribution >= 4 is 17.4 Å². The second kappa shape index (κ2) is 6.76. The second-order valence-electron chi connectivity index (χ2n) is 5.59. The van der Waals surface area contributed by atoms with Crippen molar-refractivity contribution in [1.29, 1.82) is 0 Å². The molecule has 0 saturated carbocycles. The summed E-state index contributed by atoms with van der Waals surface area (Å²) in [6, 6.07) is 12.3. The molecule has 0 unspecified atom stereocenters. The first-order chi connectivity index (χ1) is 12.0. The third-order valence-corrected chi connectivity index (χ3v) is 4.06. The number of amides is 2. The predicted octanol–water partition coefficient (Wildman–Crippen LogP) is 2.71. The summed E-state index contributed by atoms with van der Waals surface area (Å²) >= 11 is 0. The summed E-state index contributed by atoms with van der Waals surface area (Å²) in [6.45, 7) is 0.104. The normalized spacial score (nSPS) is 14.4. The molecule has 3 rings (SSSR count). The standard InChI is InChI=1S/C19H16FNO4/c1-25-15-8-4-13(5-9-15)16-17(22)19(24)21(18(16)23)11-10-12-2-6-14(20)7-3-12/h2-9,22H,10-11H2,1H3. The summed E-state index contributed by atoms with van der Waals surface area (Å²) in [5, 5.41) is 10.1. The third kappa shape index (κ3) is 3.24. The van der Waals surface area contributed by atoms with Crippen LogP contribution >= 0.6 is 0 Å². The van der Waals surface area contributed by atoms with Gasteiger partial charge in [0.25, 0.3) is 11.8 Å². The molecule has 1 N–H and O–H groups in total. The van der Waals surface area contributed by atoms with Crippen molar-refractivity contribution in [1.82, 2.24) is 4.90 Å². The van der Waals surface area contributed by atoms with E-state index in [2.05, 4.69) is 0 Å². The number of halogens is 1. The van der Waals surface area contributed by atoms with Crippen LogP contribution in [-0.4, -0.2) is 35.5 Å². The molecule has 0 bridgehead atoms. The molecule has 0 aromatic heterocycles. The van der Waals surface area contributed by atoms with Crippen LogP contribution in [-0.2, 0) is 16.0 Å². The Morgan fingerprint density at radius 3 is 2.24 bits per heavy atom. The Balaban J connectivity index is 1.77. The Morgan fingerprint density at radius 2 is 1.64 bits per heavy atom. The first kappa shape index (κ1) is 16.7. The van der Waals surface area contributed by atoms with Crippen molar-refractivity contribution in [3.8, 4) is 5.75 Å². The van der Waals surface area contributed by atoms with E-state index in [9.17, 15) is 19.1 Å². The molecule has 0 fully saturated rings. The predicted molar refractivity (Wildman–Crippen MR) is 89.4 cm³/mol. The van der Waals surface area contributed by atoms with Gasteiger partial charge in [-0.3, -0.25) is 14.5 Å². The van der Waals surface area contributed by atoms with Crippen molar-refractivity contribution in [2.75, 3.05) is 13.7 Å². The van der Waals surface area contributed by atoms with Gasteiger partial charge < -0.3 is 9.84 Å². The molecule has 2 amide bonds. The molecule has 0 saturated heterocycles. The summed E-state index contributed by atoms with van der Waals surface area (Å²) in [5.74, 6) is -1.58. The highest BCUT2D eigenvalue weighted by atomic mass is 19.1. The van der Waals surface area contributed by atoms with E-state index >= 15 is 0 Å². The maximum Gasteiger partial charge on any atom is 0.296 e. The number of ether oxygens (including phenoxy) is 1. The number of aliphatic hydroxyl groups excluding tert-OH is 1. The number of carbonyl (C=O) groups excluding carboxylic acids is 2. The number of nitrogens with zero attached hydrogens (tertiary/aromatic N) is 1. The van der Waals surface area contributed by atoms with E-state index < -0.39 is 17.6 Å². The van der Waals surface area contributed by atoms with E-state index in [4.69, 9.17) is 4.74 Å². The monoisotopic (exact) mass is 341 g/mol. The Hall–Kier alpha value is -3.15. The van der Waals surface area contributed by atoms with Crippen LogP contribution in [0.5, 0.6) is 5.75 Å². The minimum absolute atomic E-state index is 0.0215.